The van der Waals surface area contributed by atoms with E-state index < -0.39 is 0 Å². The molecule has 3 N–H and O–H groups in total. The summed E-state index contributed by atoms with van der Waals surface area (Å²) in [6.45, 7) is 6.39. The lowest BCUT2D eigenvalue weighted by atomic mass is 10.0. The molecular formula is C27H33N9O3. The smallest absolute Gasteiger partial charge is 0.300 e. The van der Waals surface area contributed by atoms with Crippen LogP contribution in [0.25, 0.3) is 16.8 Å². The SMILES string of the molecule is CN/C=C(\C=N)c1cccc(NC(=O)c2cc3oc(N4CCOCC4)nc3nc2N2CC3CN(C)CC3C2)n1. The van der Waals surface area contributed by atoms with Gasteiger partial charge in [0, 0.05) is 70.4 Å². The number of oxazole rings is 1. The fourth-order valence-electron chi connectivity index (χ4n) is 5.74. The van der Waals surface area contributed by atoms with Crippen LogP contribution in [0.3, 0.4) is 0 Å². The Morgan fingerprint density at radius 3 is 2.56 bits per heavy atom. The van der Waals surface area contributed by atoms with E-state index in [2.05, 4.69) is 37.4 Å². The molecule has 12 heteroatoms. The number of nitrogens with zero attached hydrogens (tertiary/aromatic N) is 6. The molecule has 0 saturated carbocycles. The molecule has 204 valence electrons. The Morgan fingerprint density at radius 1 is 1.08 bits per heavy atom. The molecule has 3 aliphatic rings. The molecule has 39 heavy (non-hydrogen) atoms. The van der Waals surface area contributed by atoms with Gasteiger partial charge in [-0.15, -0.1) is 0 Å². The Bertz CT molecular complexity index is 1400. The van der Waals surface area contributed by atoms with Crippen LogP contribution in [0.2, 0.25) is 0 Å². The third-order valence-corrected chi connectivity index (χ3v) is 7.59. The van der Waals surface area contributed by atoms with Crippen LogP contribution in [0.4, 0.5) is 17.7 Å². The fraction of sp³-hybridized carbons (Fsp3) is 0.444. The Hall–Kier alpha value is -4.03. The number of carbonyl (C=O) groups is 1. The highest BCUT2D eigenvalue weighted by atomic mass is 16.5. The zero-order valence-electron chi connectivity index (χ0n) is 22.2. The second-order valence-corrected chi connectivity index (χ2v) is 10.3. The number of pyridine rings is 2. The second kappa shape index (κ2) is 10.6. The number of morpholine rings is 1. The van der Waals surface area contributed by atoms with Crippen molar-refractivity contribution in [3.63, 3.8) is 0 Å². The summed E-state index contributed by atoms with van der Waals surface area (Å²) in [5.74, 6) is 1.77. The van der Waals surface area contributed by atoms with Crippen LogP contribution < -0.4 is 20.4 Å². The minimum Gasteiger partial charge on any atom is -0.422 e. The van der Waals surface area contributed by atoms with Crippen LogP contribution in [0, 0.1) is 17.2 Å². The maximum Gasteiger partial charge on any atom is 0.300 e. The van der Waals surface area contributed by atoms with Gasteiger partial charge in [-0.05, 0) is 31.0 Å². The predicted molar refractivity (Wildman–Crippen MR) is 150 cm³/mol. The average molecular weight is 532 g/mol. The standard InChI is InChI=1S/C27H33N9O3/c1-29-12-17(11-28)21-4-3-5-23(30-21)31-26(37)20-10-22-24(33-27(39-22)35-6-8-38-9-7-35)32-25(20)36-15-18-13-34(2)14-19(18)16-36/h3-5,10-12,18-19,28-29H,6-9,13-16H2,1-2H3,(H,30,31,37)/b17-12+,28-11?. The highest BCUT2D eigenvalue weighted by Gasteiger charge is 2.40. The topological polar surface area (TPSA) is 136 Å². The van der Waals surface area contributed by atoms with E-state index in [1.54, 1.807) is 37.5 Å². The van der Waals surface area contributed by atoms with Gasteiger partial charge in [-0.3, -0.25) is 4.79 Å². The maximum atomic E-state index is 13.7. The van der Waals surface area contributed by atoms with Gasteiger partial charge in [0.05, 0.1) is 24.5 Å². The number of nitrogens with one attached hydrogen (secondary N) is 3. The van der Waals surface area contributed by atoms with Crippen molar-refractivity contribution < 1.29 is 13.9 Å². The van der Waals surface area contributed by atoms with Gasteiger partial charge in [0.2, 0.25) is 5.65 Å². The molecule has 3 fully saturated rings. The molecule has 0 radical (unpaired) electrons. The molecule has 2 unspecified atom stereocenters. The Balaban J connectivity index is 1.34. The van der Waals surface area contributed by atoms with E-state index in [9.17, 15) is 4.79 Å². The van der Waals surface area contributed by atoms with Gasteiger partial charge in [0.1, 0.15) is 11.6 Å². The van der Waals surface area contributed by atoms with Gasteiger partial charge in [-0.25, -0.2) is 9.97 Å². The maximum absolute atomic E-state index is 13.7. The highest BCUT2D eigenvalue weighted by Crippen LogP contribution is 2.36. The van der Waals surface area contributed by atoms with Crippen LogP contribution >= 0.6 is 0 Å². The normalized spacial score (nSPS) is 21.8. The molecule has 3 aromatic heterocycles. The molecule has 3 saturated heterocycles. The summed E-state index contributed by atoms with van der Waals surface area (Å²) in [6.07, 6.45) is 2.91. The molecule has 12 nitrogen and oxygen atoms in total. The molecule has 6 heterocycles. The van der Waals surface area contributed by atoms with Crippen LogP contribution in [0.15, 0.2) is 34.9 Å². The summed E-state index contributed by atoms with van der Waals surface area (Å²) in [5.41, 5.74) is 2.56. The van der Waals surface area contributed by atoms with Crippen molar-refractivity contribution in [3.8, 4) is 0 Å². The van der Waals surface area contributed by atoms with Gasteiger partial charge >= 0.3 is 0 Å². The number of rotatable bonds is 7. The third kappa shape index (κ3) is 5.04. The summed E-state index contributed by atoms with van der Waals surface area (Å²) in [6, 6.07) is 7.57. The number of aromatic nitrogens is 3. The van der Waals surface area contributed by atoms with Gasteiger partial charge in [0.15, 0.2) is 5.58 Å². The zero-order chi connectivity index (χ0) is 26.9. The summed E-state index contributed by atoms with van der Waals surface area (Å²) in [4.78, 5) is 34.5. The number of ether oxygens (including phenoxy) is 1. The van der Waals surface area contributed by atoms with E-state index in [1.165, 1.54) is 6.21 Å². The summed E-state index contributed by atoms with van der Waals surface area (Å²) >= 11 is 0. The lowest BCUT2D eigenvalue weighted by Crippen LogP contribution is -2.36. The molecule has 0 aromatic carbocycles. The summed E-state index contributed by atoms with van der Waals surface area (Å²) in [5, 5.41) is 13.5. The molecule has 0 spiro atoms. The number of likely N-dealkylation sites (tertiary alicyclic amines) is 1. The lowest BCUT2D eigenvalue weighted by molar-refractivity contribution is 0.102. The van der Waals surface area contributed by atoms with Crippen molar-refractivity contribution in [1.82, 2.24) is 25.2 Å². The zero-order valence-corrected chi connectivity index (χ0v) is 22.2. The van der Waals surface area contributed by atoms with Gasteiger partial charge < -0.3 is 39.9 Å². The Morgan fingerprint density at radius 2 is 1.85 bits per heavy atom. The molecule has 0 bridgehead atoms. The predicted octanol–water partition coefficient (Wildman–Crippen LogP) is 1.91. The number of amides is 1. The monoisotopic (exact) mass is 531 g/mol. The molecule has 1 amide bonds. The fourth-order valence-corrected chi connectivity index (χ4v) is 5.74. The van der Waals surface area contributed by atoms with Crippen LogP contribution in [0.1, 0.15) is 16.1 Å². The van der Waals surface area contributed by atoms with Crippen LogP contribution in [0.5, 0.6) is 0 Å². The molecule has 2 atom stereocenters. The highest BCUT2D eigenvalue weighted by molar-refractivity contribution is 6.10. The lowest BCUT2D eigenvalue weighted by Gasteiger charge is -2.24. The van der Waals surface area contributed by atoms with E-state index in [1.807, 2.05) is 4.90 Å². The first-order valence-electron chi connectivity index (χ1n) is 13.3. The molecule has 0 aliphatic carbocycles. The van der Waals surface area contributed by atoms with Crippen molar-refractivity contribution in [2.45, 2.75) is 0 Å². The van der Waals surface area contributed by atoms with E-state index in [0.717, 1.165) is 26.2 Å². The van der Waals surface area contributed by atoms with Crippen LogP contribution in [-0.2, 0) is 4.74 Å². The molecular weight excluding hydrogens is 498 g/mol. The van der Waals surface area contributed by atoms with Crippen molar-refractivity contribution in [2.24, 2.45) is 11.8 Å². The van der Waals surface area contributed by atoms with Crippen molar-refractivity contribution in [2.75, 3.05) is 81.7 Å². The minimum absolute atomic E-state index is 0.323. The van der Waals surface area contributed by atoms with E-state index in [-0.39, 0.29) is 5.91 Å². The number of anilines is 3. The number of carbonyl (C=O) groups excluding carboxylic acids is 1. The van der Waals surface area contributed by atoms with Crippen molar-refractivity contribution in [3.05, 3.63) is 41.7 Å². The first kappa shape index (κ1) is 25.3. The number of allylic oxidation sites excluding steroid dienone is 1. The third-order valence-electron chi connectivity index (χ3n) is 7.59. The second-order valence-electron chi connectivity index (χ2n) is 10.3. The van der Waals surface area contributed by atoms with E-state index >= 15 is 0 Å². The Kier molecular flexibility index (Phi) is 6.88. The van der Waals surface area contributed by atoms with Crippen molar-refractivity contribution >= 4 is 46.6 Å². The summed E-state index contributed by atoms with van der Waals surface area (Å²) in [7, 11) is 3.92. The Labute approximate surface area is 226 Å². The van der Waals surface area contributed by atoms with Gasteiger partial charge in [-0.2, -0.15) is 4.98 Å². The molecule has 6 rings (SSSR count). The van der Waals surface area contributed by atoms with Crippen LogP contribution in [-0.4, -0.2) is 98.6 Å². The molecule has 3 aliphatic heterocycles. The molecule has 3 aromatic rings. The number of hydrogen-bond donors (Lipinski definition) is 3. The first-order valence-corrected chi connectivity index (χ1v) is 13.3. The average Bonchev–Trinajstić information content (AvgIpc) is 3.64. The van der Waals surface area contributed by atoms with Gasteiger partial charge in [0.25, 0.3) is 11.9 Å². The first-order chi connectivity index (χ1) is 19.0. The van der Waals surface area contributed by atoms with E-state index in [0.29, 0.717) is 83.9 Å². The number of fused-ring (bicyclic) bond motifs is 2. The number of hydrogen-bond acceptors (Lipinski definition) is 11. The minimum atomic E-state index is -0.323. The largest absolute Gasteiger partial charge is 0.422 e. The van der Waals surface area contributed by atoms with Gasteiger partial charge in [-0.1, -0.05) is 6.07 Å². The van der Waals surface area contributed by atoms with Crippen molar-refractivity contribution in [1.29, 1.82) is 5.41 Å². The van der Waals surface area contributed by atoms with E-state index in [4.69, 9.17) is 19.5 Å². The quantitative estimate of drug-likeness (QED) is 0.388. The summed E-state index contributed by atoms with van der Waals surface area (Å²) < 4.78 is 11.5.